The van der Waals surface area contributed by atoms with Crippen molar-refractivity contribution < 1.29 is 4.39 Å². The molecule has 7 aromatic rings. The van der Waals surface area contributed by atoms with Crippen LogP contribution in [0.4, 0.5) is 4.39 Å². The SMILES string of the molecule is C=C/C(=C(/C)CCC)c1ccc(Cc2cc3c(c4ccccc24)-c2ccc(C)cc2C3(C)C)cc1C.Cc1cccc(C(C)C)c1.Cc1cccc(F)c1.Cc1ccccc1. The Labute approximate surface area is 367 Å². The van der Waals surface area contributed by atoms with Crippen molar-refractivity contribution in [3.05, 3.63) is 231 Å². The number of aryl methyl sites for hydroxylation is 5. The fourth-order valence-electron chi connectivity index (χ4n) is 8.47. The van der Waals surface area contributed by atoms with Crippen molar-refractivity contribution in [3.8, 4) is 11.1 Å². The molecule has 1 heteroatoms. The molecule has 0 aromatic heterocycles. The topological polar surface area (TPSA) is 0 Å². The molecule has 0 atom stereocenters. The van der Waals surface area contributed by atoms with Gasteiger partial charge in [0.15, 0.2) is 0 Å². The molecule has 0 radical (unpaired) electrons. The maximum Gasteiger partial charge on any atom is 0.123 e. The maximum absolute atomic E-state index is 12.2. The Hall–Kier alpha value is -5.79. The molecule has 0 amide bonds. The number of hydrogen-bond donors (Lipinski definition) is 0. The minimum absolute atomic E-state index is 0.00426. The van der Waals surface area contributed by atoms with Crippen LogP contribution in [-0.4, -0.2) is 0 Å². The average molecular weight is 807 g/mol. The summed E-state index contributed by atoms with van der Waals surface area (Å²) in [5, 5.41) is 2.74. The summed E-state index contributed by atoms with van der Waals surface area (Å²) in [6.07, 6.45) is 5.23. The Kier molecular flexibility index (Phi) is 16.0. The summed E-state index contributed by atoms with van der Waals surface area (Å²) in [5.41, 5.74) is 20.2. The second-order valence-electron chi connectivity index (χ2n) is 17.7. The lowest BCUT2D eigenvalue weighted by atomic mass is 9.80. The lowest BCUT2D eigenvalue weighted by molar-refractivity contribution is 0.626. The van der Waals surface area contributed by atoms with Crippen LogP contribution in [0.25, 0.3) is 27.5 Å². The molecule has 0 unspecified atom stereocenters. The fourth-order valence-corrected chi connectivity index (χ4v) is 8.47. The largest absolute Gasteiger partial charge is 0.207 e. The second kappa shape index (κ2) is 21.1. The van der Waals surface area contributed by atoms with E-state index in [1.54, 1.807) is 6.07 Å². The summed E-state index contributed by atoms with van der Waals surface area (Å²) in [6, 6.07) is 50.9. The Morgan fingerprint density at radius 3 is 1.80 bits per heavy atom. The van der Waals surface area contributed by atoms with Crippen LogP contribution in [-0.2, 0) is 11.8 Å². The van der Waals surface area contributed by atoms with E-state index in [9.17, 15) is 4.39 Å². The van der Waals surface area contributed by atoms with Crippen LogP contribution in [0.5, 0.6) is 0 Å². The molecule has 0 bridgehead atoms. The van der Waals surface area contributed by atoms with Gasteiger partial charge in [-0.3, -0.25) is 0 Å². The third-order valence-corrected chi connectivity index (χ3v) is 11.8. The monoisotopic (exact) mass is 807 g/mol. The zero-order chi connectivity index (χ0) is 44.3. The number of rotatable bonds is 7. The van der Waals surface area contributed by atoms with E-state index in [0.29, 0.717) is 5.92 Å². The van der Waals surface area contributed by atoms with E-state index in [1.807, 2.05) is 37.3 Å². The van der Waals surface area contributed by atoms with Crippen molar-refractivity contribution in [3.63, 3.8) is 0 Å². The predicted molar refractivity (Wildman–Crippen MR) is 266 cm³/mol. The zero-order valence-corrected chi connectivity index (χ0v) is 38.7. The molecule has 0 fully saturated rings. The van der Waals surface area contributed by atoms with Gasteiger partial charge in [-0.15, -0.1) is 0 Å². The van der Waals surface area contributed by atoms with Gasteiger partial charge in [-0.05, 0) is 144 Å². The number of allylic oxidation sites excluding steroid dienone is 3. The third kappa shape index (κ3) is 11.7. The van der Waals surface area contributed by atoms with Crippen LogP contribution in [0.3, 0.4) is 0 Å². The molecular weight excluding hydrogens is 740 g/mol. The molecule has 1 aliphatic rings. The van der Waals surface area contributed by atoms with Crippen LogP contribution >= 0.6 is 0 Å². The van der Waals surface area contributed by atoms with Crippen LogP contribution < -0.4 is 0 Å². The van der Waals surface area contributed by atoms with E-state index in [4.69, 9.17) is 0 Å². The van der Waals surface area contributed by atoms with E-state index < -0.39 is 0 Å². The smallest absolute Gasteiger partial charge is 0.123 e. The minimum atomic E-state index is -0.162. The standard InChI is InChI=1S/C36H38.C10H14.C7H7F.C7H8/c1-8-12-24(4)28(9-2)29-18-16-26(20-25(29)5)21-27-22-34-35(31-14-11-10-13-30(27)31)32-17-15-23(3)19-33(32)36(34,6)7;1-8(2)10-6-4-5-9(3)7-10;1-6-3-2-4-7(8)5-6;1-7-5-3-2-4-6-7/h9-11,13-20,22H,2,8,12,21H2,1,3-7H3;4-8H,1-3H3;2-5H,1H3;2-6H,1H3/b28-24+;;;. The molecule has 61 heavy (non-hydrogen) atoms. The molecule has 7 aromatic carbocycles. The molecule has 0 aliphatic heterocycles. The third-order valence-electron chi connectivity index (χ3n) is 11.8. The van der Waals surface area contributed by atoms with Gasteiger partial charge in [0.05, 0.1) is 0 Å². The zero-order valence-electron chi connectivity index (χ0n) is 38.7. The highest BCUT2D eigenvalue weighted by Crippen LogP contribution is 2.52. The Morgan fingerprint density at radius 2 is 1.26 bits per heavy atom. The molecule has 0 saturated heterocycles. The van der Waals surface area contributed by atoms with Gasteiger partial charge >= 0.3 is 0 Å². The van der Waals surface area contributed by atoms with Gasteiger partial charge in [-0.2, -0.15) is 0 Å². The van der Waals surface area contributed by atoms with E-state index in [-0.39, 0.29) is 11.2 Å². The van der Waals surface area contributed by atoms with Crippen LogP contribution in [0.15, 0.2) is 164 Å². The van der Waals surface area contributed by atoms with Crippen molar-refractivity contribution in [2.45, 2.75) is 107 Å². The summed E-state index contributed by atoms with van der Waals surface area (Å²) in [6.45, 7) is 28.3. The van der Waals surface area contributed by atoms with E-state index in [0.717, 1.165) is 24.8 Å². The van der Waals surface area contributed by atoms with Gasteiger partial charge in [0.1, 0.15) is 5.82 Å². The summed E-state index contributed by atoms with van der Waals surface area (Å²) in [4.78, 5) is 0. The highest BCUT2D eigenvalue weighted by Gasteiger charge is 2.37. The normalized spacial score (nSPS) is 12.4. The van der Waals surface area contributed by atoms with Gasteiger partial charge in [0, 0.05) is 5.41 Å². The van der Waals surface area contributed by atoms with Crippen molar-refractivity contribution in [2.24, 2.45) is 0 Å². The van der Waals surface area contributed by atoms with Crippen molar-refractivity contribution in [2.75, 3.05) is 0 Å². The van der Waals surface area contributed by atoms with Crippen LogP contribution in [0, 0.1) is 40.4 Å². The molecule has 0 saturated carbocycles. The number of halogens is 1. The van der Waals surface area contributed by atoms with Crippen molar-refractivity contribution >= 4 is 16.3 Å². The first kappa shape index (κ1) is 46.3. The maximum atomic E-state index is 12.2. The highest BCUT2D eigenvalue weighted by molar-refractivity contribution is 6.04. The van der Waals surface area contributed by atoms with E-state index >= 15 is 0 Å². The average Bonchev–Trinajstić information content (AvgIpc) is 3.45. The molecular formula is C60H67F. The molecule has 0 N–H and O–H groups in total. The number of fused-ring (bicyclic) bond motifs is 5. The summed E-state index contributed by atoms with van der Waals surface area (Å²) < 4.78 is 12.2. The fraction of sp³-hybridized carbons (Fsp3) is 0.267. The summed E-state index contributed by atoms with van der Waals surface area (Å²) in [7, 11) is 0. The Balaban J connectivity index is 0.000000225. The van der Waals surface area contributed by atoms with Gasteiger partial charge in [0.25, 0.3) is 0 Å². The number of benzene rings is 7. The summed E-state index contributed by atoms with van der Waals surface area (Å²) in [5.74, 6) is 0.491. The van der Waals surface area contributed by atoms with E-state index in [2.05, 4.69) is 179 Å². The molecule has 8 rings (SSSR count). The van der Waals surface area contributed by atoms with Gasteiger partial charge in [-0.25, -0.2) is 4.39 Å². The van der Waals surface area contributed by atoms with Gasteiger partial charge in [0.2, 0.25) is 0 Å². The van der Waals surface area contributed by atoms with E-state index in [1.165, 1.54) is 101 Å². The Morgan fingerprint density at radius 1 is 0.639 bits per heavy atom. The Bertz CT molecular complexity index is 2580. The highest BCUT2D eigenvalue weighted by atomic mass is 19.1. The molecule has 0 spiro atoms. The number of hydrogen-bond acceptors (Lipinski definition) is 0. The lowest BCUT2D eigenvalue weighted by Gasteiger charge is -2.23. The van der Waals surface area contributed by atoms with Gasteiger partial charge in [-0.1, -0.05) is 209 Å². The van der Waals surface area contributed by atoms with Crippen LogP contribution in [0.1, 0.15) is 121 Å². The predicted octanol–water partition coefficient (Wildman–Crippen LogP) is 17.4. The first-order valence-corrected chi connectivity index (χ1v) is 22.0. The summed E-state index contributed by atoms with van der Waals surface area (Å²) >= 11 is 0. The molecule has 0 nitrogen and oxygen atoms in total. The van der Waals surface area contributed by atoms with Crippen LogP contribution in [0.2, 0.25) is 0 Å². The lowest BCUT2D eigenvalue weighted by Crippen LogP contribution is -2.15. The molecule has 314 valence electrons. The first-order chi connectivity index (χ1) is 29.1. The van der Waals surface area contributed by atoms with Gasteiger partial charge < -0.3 is 0 Å². The quantitative estimate of drug-likeness (QED) is 0.141. The van der Waals surface area contributed by atoms with Crippen molar-refractivity contribution in [1.82, 2.24) is 0 Å². The van der Waals surface area contributed by atoms with Crippen molar-refractivity contribution in [1.29, 1.82) is 0 Å². The molecule has 1 aliphatic carbocycles. The first-order valence-electron chi connectivity index (χ1n) is 22.0. The second-order valence-corrected chi connectivity index (χ2v) is 17.7. The minimum Gasteiger partial charge on any atom is -0.207 e. The molecule has 0 heterocycles.